The molecule has 41 heavy (non-hydrogen) atoms. The number of para-hydroxylation sites is 1. The summed E-state index contributed by atoms with van der Waals surface area (Å²) in [4.78, 5) is 30.9. The van der Waals surface area contributed by atoms with E-state index in [1.165, 1.54) is 19.2 Å². The highest BCUT2D eigenvalue weighted by molar-refractivity contribution is 6.16. The number of carbonyl (C=O) groups excluding carboxylic acids is 2. The Morgan fingerprint density at radius 2 is 1.59 bits per heavy atom. The standard InChI is InChI=1S/C33H25F3N2O3/c1-21(39)41-26-16-14-22(15-17-26)20-38(2)25-11-6-10-24(18-25)30-27-12-7-13-29(33(34,35)36)31(27)37-19-28(30)32(40)23-8-4-3-5-9-23/h3-19H,20H2,1-2H3. The number of ketones is 1. The molecule has 0 aliphatic heterocycles. The second kappa shape index (κ2) is 11.3. The number of hydrogen-bond donors (Lipinski definition) is 0. The topological polar surface area (TPSA) is 59.5 Å². The van der Waals surface area contributed by atoms with Crippen LogP contribution in [0.4, 0.5) is 18.9 Å². The van der Waals surface area contributed by atoms with Gasteiger partial charge in [0, 0.05) is 54.5 Å². The molecule has 1 aromatic heterocycles. The minimum atomic E-state index is -4.61. The van der Waals surface area contributed by atoms with Gasteiger partial charge >= 0.3 is 12.1 Å². The Morgan fingerprint density at radius 1 is 0.878 bits per heavy atom. The van der Waals surface area contributed by atoms with E-state index in [0.29, 0.717) is 29.0 Å². The molecule has 1 heterocycles. The molecule has 0 aliphatic rings. The van der Waals surface area contributed by atoms with E-state index in [0.717, 1.165) is 17.3 Å². The van der Waals surface area contributed by atoms with E-state index in [9.17, 15) is 22.8 Å². The largest absolute Gasteiger partial charge is 0.427 e. The molecule has 0 atom stereocenters. The normalized spacial score (nSPS) is 11.3. The van der Waals surface area contributed by atoms with E-state index >= 15 is 0 Å². The van der Waals surface area contributed by atoms with Gasteiger partial charge in [0.1, 0.15) is 5.75 Å². The minimum absolute atomic E-state index is 0.212. The first kappa shape index (κ1) is 27.6. The molecule has 5 aromatic rings. The van der Waals surface area contributed by atoms with E-state index in [1.807, 2.05) is 42.3 Å². The quantitative estimate of drug-likeness (QED) is 0.117. The fourth-order valence-electron chi connectivity index (χ4n) is 4.77. The van der Waals surface area contributed by atoms with Gasteiger partial charge in [0.2, 0.25) is 0 Å². The van der Waals surface area contributed by atoms with Gasteiger partial charge in [0.25, 0.3) is 0 Å². The molecule has 5 rings (SSSR count). The summed E-state index contributed by atoms with van der Waals surface area (Å²) < 4.78 is 46.8. The van der Waals surface area contributed by atoms with Gasteiger partial charge in [-0.15, -0.1) is 0 Å². The monoisotopic (exact) mass is 554 g/mol. The number of nitrogens with zero attached hydrogens (tertiary/aromatic N) is 2. The third kappa shape index (κ3) is 5.96. The molecule has 206 valence electrons. The predicted molar refractivity (Wildman–Crippen MR) is 152 cm³/mol. The minimum Gasteiger partial charge on any atom is -0.427 e. The average Bonchev–Trinajstić information content (AvgIpc) is 2.96. The van der Waals surface area contributed by atoms with Crippen LogP contribution in [0.25, 0.3) is 22.0 Å². The number of benzene rings is 4. The number of hydrogen-bond acceptors (Lipinski definition) is 5. The number of pyridine rings is 1. The van der Waals surface area contributed by atoms with Gasteiger partial charge in [-0.3, -0.25) is 14.6 Å². The van der Waals surface area contributed by atoms with Crippen molar-refractivity contribution in [3.05, 3.63) is 126 Å². The van der Waals surface area contributed by atoms with Gasteiger partial charge in [0.05, 0.1) is 11.1 Å². The summed E-state index contributed by atoms with van der Waals surface area (Å²) in [5, 5.41) is 0.238. The number of fused-ring (bicyclic) bond motifs is 1. The number of rotatable bonds is 7. The first-order valence-electron chi connectivity index (χ1n) is 12.8. The number of carbonyl (C=O) groups is 2. The van der Waals surface area contributed by atoms with Crippen LogP contribution in [0.5, 0.6) is 5.75 Å². The lowest BCUT2D eigenvalue weighted by Gasteiger charge is -2.21. The van der Waals surface area contributed by atoms with Crippen LogP contribution in [-0.2, 0) is 17.5 Å². The molecule has 0 radical (unpaired) electrons. The van der Waals surface area contributed by atoms with Crippen molar-refractivity contribution in [3.63, 3.8) is 0 Å². The average molecular weight is 555 g/mol. The summed E-state index contributed by atoms with van der Waals surface area (Å²) in [6.45, 7) is 1.85. The van der Waals surface area contributed by atoms with E-state index in [4.69, 9.17) is 4.74 Å². The Bertz CT molecular complexity index is 1730. The van der Waals surface area contributed by atoms with Crippen LogP contribution < -0.4 is 9.64 Å². The first-order chi connectivity index (χ1) is 19.6. The summed E-state index contributed by atoms with van der Waals surface area (Å²) in [6.07, 6.45) is -3.37. The van der Waals surface area contributed by atoms with Crippen molar-refractivity contribution in [1.82, 2.24) is 4.98 Å². The third-order valence-electron chi connectivity index (χ3n) is 6.66. The fraction of sp³-hybridized carbons (Fsp3) is 0.121. The first-order valence-corrected chi connectivity index (χ1v) is 12.8. The van der Waals surface area contributed by atoms with Crippen molar-refractivity contribution in [2.24, 2.45) is 0 Å². The molecule has 0 N–H and O–H groups in total. The predicted octanol–water partition coefficient (Wildman–Crippen LogP) is 7.71. The van der Waals surface area contributed by atoms with Gasteiger partial charge in [-0.05, 0) is 41.5 Å². The SMILES string of the molecule is CC(=O)Oc1ccc(CN(C)c2cccc(-c3c(C(=O)c4ccccc4)cnc4c(C(F)(F)F)cccc34)c2)cc1. The van der Waals surface area contributed by atoms with Gasteiger partial charge in [-0.25, -0.2) is 0 Å². The lowest BCUT2D eigenvalue weighted by molar-refractivity contribution is -0.136. The van der Waals surface area contributed by atoms with Crippen LogP contribution in [0, 0.1) is 0 Å². The Hall–Kier alpha value is -4.98. The van der Waals surface area contributed by atoms with Crippen molar-refractivity contribution in [3.8, 4) is 16.9 Å². The van der Waals surface area contributed by atoms with Crippen molar-refractivity contribution < 1.29 is 27.5 Å². The molecule has 0 spiro atoms. The molecule has 8 heteroatoms. The number of anilines is 1. The molecule has 0 saturated carbocycles. The van der Waals surface area contributed by atoms with Gasteiger partial charge in [-0.1, -0.05) is 66.7 Å². The van der Waals surface area contributed by atoms with Gasteiger partial charge < -0.3 is 9.64 Å². The number of esters is 1. The Morgan fingerprint density at radius 3 is 2.27 bits per heavy atom. The van der Waals surface area contributed by atoms with Gasteiger partial charge in [0.15, 0.2) is 5.78 Å². The molecule has 5 nitrogen and oxygen atoms in total. The molecule has 4 aromatic carbocycles. The molecular formula is C33H25F3N2O3. The number of ether oxygens (including phenoxy) is 1. The lowest BCUT2D eigenvalue weighted by atomic mass is 9.91. The summed E-state index contributed by atoms with van der Waals surface area (Å²) >= 11 is 0. The maximum atomic E-state index is 13.9. The Balaban J connectivity index is 1.59. The molecule has 0 unspecified atom stereocenters. The Kier molecular flexibility index (Phi) is 7.57. The summed E-state index contributed by atoms with van der Waals surface area (Å²) in [7, 11) is 1.89. The molecule has 0 bridgehead atoms. The zero-order chi connectivity index (χ0) is 29.1. The van der Waals surface area contributed by atoms with E-state index < -0.39 is 17.7 Å². The smallest absolute Gasteiger partial charge is 0.418 e. The van der Waals surface area contributed by atoms with Crippen LogP contribution >= 0.6 is 0 Å². The highest BCUT2D eigenvalue weighted by Crippen LogP contribution is 2.39. The highest BCUT2D eigenvalue weighted by atomic mass is 19.4. The number of alkyl halides is 3. The van der Waals surface area contributed by atoms with Crippen LogP contribution in [0.3, 0.4) is 0 Å². The summed E-state index contributed by atoms with van der Waals surface area (Å²) in [5.74, 6) is -0.286. The third-order valence-corrected chi connectivity index (χ3v) is 6.66. The van der Waals surface area contributed by atoms with Crippen molar-refractivity contribution >= 4 is 28.3 Å². The van der Waals surface area contributed by atoms with Crippen molar-refractivity contribution in [1.29, 1.82) is 0 Å². The second-order valence-corrected chi connectivity index (χ2v) is 9.59. The maximum Gasteiger partial charge on any atom is 0.418 e. The van der Waals surface area contributed by atoms with Crippen LogP contribution in [0.1, 0.15) is 34.0 Å². The van der Waals surface area contributed by atoms with Crippen LogP contribution in [0.15, 0.2) is 103 Å². The van der Waals surface area contributed by atoms with Crippen LogP contribution in [0.2, 0.25) is 0 Å². The second-order valence-electron chi connectivity index (χ2n) is 9.59. The van der Waals surface area contributed by atoms with E-state index in [2.05, 4.69) is 4.98 Å². The molecule has 0 fully saturated rings. The van der Waals surface area contributed by atoms with E-state index in [-0.39, 0.29) is 22.2 Å². The van der Waals surface area contributed by atoms with Crippen LogP contribution in [-0.4, -0.2) is 23.8 Å². The number of aromatic nitrogens is 1. The zero-order valence-electron chi connectivity index (χ0n) is 22.3. The number of halogens is 3. The molecule has 0 amide bonds. The van der Waals surface area contributed by atoms with Crippen molar-refractivity contribution in [2.45, 2.75) is 19.6 Å². The van der Waals surface area contributed by atoms with Gasteiger partial charge in [-0.2, -0.15) is 13.2 Å². The zero-order valence-corrected chi connectivity index (χ0v) is 22.3. The summed E-state index contributed by atoms with van der Waals surface area (Å²) in [6, 6.07) is 26.9. The Labute approximate surface area is 234 Å². The fourth-order valence-corrected chi connectivity index (χ4v) is 4.77. The highest BCUT2D eigenvalue weighted by Gasteiger charge is 2.34. The molecule has 0 saturated heterocycles. The lowest BCUT2D eigenvalue weighted by Crippen LogP contribution is -2.16. The summed E-state index contributed by atoms with van der Waals surface area (Å²) in [5.41, 5.74) is 2.27. The molecular weight excluding hydrogens is 529 g/mol. The maximum absolute atomic E-state index is 13.9. The van der Waals surface area contributed by atoms with E-state index in [1.54, 1.807) is 54.6 Å². The molecule has 0 aliphatic carbocycles. The van der Waals surface area contributed by atoms with Crippen molar-refractivity contribution in [2.75, 3.05) is 11.9 Å².